The normalized spacial score (nSPS) is 10.1. The summed E-state index contributed by atoms with van der Waals surface area (Å²) >= 11 is 11.7. The van der Waals surface area contributed by atoms with Crippen molar-refractivity contribution in [2.45, 2.75) is 0 Å². The molecule has 0 aliphatic rings. The molecular weight excluding hydrogens is 273 g/mol. The van der Waals surface area contributed by atoms with Crippen molar-refractivity contribution in [3.63, 3.8) is 0 Å². The van der Waals surface area contributed by atoms with Crippen molar-refractivity contribution >= 4 is 40.6 Å². The van der Waals surface area contributed by atoms with Crippen LogP contribution in [0.3, 0.4) is 0 Å². The van der Waals surface area contributed by atoms with E-state index in [0.717, 1.165) is 0 Å². The fourth-order valence-corrected chi connectivity index (χ4v) is 1.82. The lowest BCUT2D eigenvalue weighted by molar-refractivity contribution is 0.102. The second-order valence-corrected chi connectivity index (χ2v) is 4.33. The van der Waals surface area contributed by atoms with Gasteiger partial charge in [-0.2, -0.15) is 0 Å². The minimum atomic E-state index is -0.366. The molecule has 92 valence electrons. The Bertz CT molecular complexity index is 602. The van der Waals surface area contributed by atoms with E-state index in [2.05, 4.69) is 10.3 Å². The second-order valence-electron chi connectivity index (χ2n) is 3.54. The highest BCUT2D eigenvalue weighted by atomic mass is 35.5. The number of nitrogens with one attached hydrogen (secondary N) is 1. The molecule has 0 atom stereocenters. The van der Waals surface area contributed by atoms with Gasteiger partial charge >= 0.3 is 0 Å². The highest BCUT2D eigenvalue weighted by Crippen LogP contribution is 2.20. The maximum Gasteiger partial charge on any atom is 0.258 e. The quantitative estimate of drug-likeness (QED) is 0.656. The van der Waals surface area contributed by atoms with Crippen LogP contribution in [0.4, 0.5) is 11.5 Å². The Morgan fingerprint density at radius 2 is 2.00 bits per heavy atom. The van der Waals surface area contributed by atoms with Gasteiger partial charge in [0.2, 0.25) is 0 Å². The summed E-state index contributed by atoms with van der Waals surface area (Å²) in [6.07, 6.45) is 0. The van der Waals surface area contributed by atoms with Gasteiger partial charge in [-0.05, 0) is 30.3 Å². The maximum atomic E-state index is 11.9. The average molecular weight is 282 g/mol. The Labute approximate surface area is 114 Å². The molecule has 1 amide bonds. The summed E-state index contributed by atoms with van der Waals surface area (Å²) in [7, 11) is 0. The minimum absolute atomic E-state index is 0.287. The zero-order valence-electron chi connectivity index (χ0n) is 9.15. The van der Waals surface area contributed by atoms with Gasteiger partial charge in [0.05, 0.1) is 10.6 Å². The lowest BCUT2D eigenvalue weighted by Crippen LogP contribution is -2.13. The van der Waals surface area contributed by atoms with Crippen molar-refractivity contribution in [2.75, 3.05) is 11.1 Å². The lowest BCUT2D eigenvalue weighted by Gasteiger charge is -2.06. The Morgan fingerprint density at radius 1 is 1.22 bits per heavy atom. The Kier molecular flexibility index (Phi) is 3.69. The van der Waals surface area contributed by atoms with E-state index in [4.69, 9.17) is 28.9 Å². The molecule has 18 heavy (non-hydrogen) atoms. The topological polar surface area (TPSA) is 68.0 Å². The molecule has 0 unspecified atom stereocenters. The van der Waals surface area contributed by atoms with E-state index in [1.807, 2.05) is 0 Å². The number of nitrogens with zero attached hydrogens (tertiary/aromatic N) is 1. The van der Waals surface area contributed by atoms with Crippen molar-refractivity contribution in [1.82, 2.24) is 4.98 Å². The van der Waals surface area contributed by atoms with E-state index >= 15 is 0 Å². The van der Waals surface area contributed by atoms with Gasteiger partial charge in [0.1, 0.15) is 11.0 Å². The first-order valence-corrected chi connectivity index (χ1v) is 5.81. The van der Waals surface area contributed by atoms with Crippen molar-refractivity contribution in [3.8, 4) is 0 Å². The van der Waals surface area contributed by atoms with E-state index in [1.54, 1.807) is 30.3 Å². The number of carbonyl (C=O) groups excluding carboxylic acids is 1. The molecule has 1 aromatic carbocycles. The molecule has 3 N–H and O–H groups in total. The highest BCUT2D eigenvalue weighted by Gasteiger charge is 2.11. The number of aromatic nitrogens is 1. The number of carbonyl (C=O) groups is 1. The Morgan fingerprint density at radius 3 is 2.67 bits per heavy atom. The van der Waals surface area contributed by atoms with Crippen LogP contribution in [0.2, 0.25) is 10.2 Å². The van der Waals surface area contributed by atoms with Gasteiger partial charge in [0, 0.05) is 5.69 Å². The van der Waals surface area contributed by atoms with Crippen molar-refractivity contribution < 1.29 is 4.79 Å². The van der Waals surface area contributed by atoms with Gasteiger partial charge in [-0.25, -0.2) is 4.98 Å². The molecule has 0 aliphatic carbocycles. The largest absolute Gasteiger partial charge is 0.399 e. The van der Waals surface area contributed by atoms with Crippen LogP contribution in [0.15, 0.2) is 36.4 Å². The zero-order valence-corrected chi connectivity index (χ0v) is 10.7. The fourth-order valence-electron chi connectivity index (χ4n) is 1.38. The summed E-state index contributed by atoms with van der Waals surface area (Å²) in [5, 5.41) is 3.19. The van der Waals surface area contributed by atoms with Gasteiger partial charge in [0.15, 0.2) is 0 Å². The SMILES string of the molecule is Nc1ccc(C(=O)Nc2cccc(Cl)n2)c(Cl)c1. The van der Waals surface area contributed by atoms with Crippen LogP contribution in [-0.2, 0) is 0 Å². The number of nitrogens with two attached hydrogens (primary N) is 1. The number of pyridine rings is 1. The molecule has 2 aromatic rings. The Hall–Kier alpha value is -1.78. The van der Waals surface area contributed by atoms with Crippen LogP contribution >= 0.6 is 23.2 Å². The summed E-state index contributed by atoms with van der Waals surface area (Å²) in [6, 6.07) is 9.61. The van der Waals surface area contributed by atoms with E-state index < -0.39 is 0 Å². The first-order chi connectivity index (χ1) is 8.56. The van der Waals surface area contributed by atoms with Crippen LogP contribution in [0, 0.1) is 0 Å². The van der Waals surface area contributed by atoms with Gasteiger partial charge in [-0.1, -0.05) is 29.3 Å². The van der Waals surface area contributed by atoms with E-state index in [9.17, 15) is 4.79 Å². The molecule has 0 bridgehead atoms. The number of hydrogen-bond donors (Lipinski definition) is 2. The smallest absolute Gasteiger partial charge is 0.258 e. The first kappa shape index (κ1) is 12.7. The third-order valence-electron chi connectivity index (χ3n) is 2.19. The van der Waals surface area contributed by atoms with E-state index in [-0.39, 0.29) is 10.9 Å². The monoisotopic (exact) mass is 281 g/mol. The predicted octanol–water partition coefficient (Wildman–Crippen LogP) is 3.22. The number of nitrogen functional groups attached to an aromatic ring is 1. The standard InChI is InChI=1S/C12H9Cl2N3O/c13-9-6-7(15)4-5-8(9)12(18)17-11-3-1-2-10(14)16-11/h1-6H,15H2,(H,16,17,18). The molecule has 1 heterocycles. The van der Waals surface area contributed by atoms with Crippen LogP contribution in [0.5, 0.6) is 0 Å². The summed E-state index contributed by atoms with van der Waals surface area (Å²) in [4.78, 5) is 15.9. The molecule has 0 fully saturated rings. The van der Waals surface area contributed by atoms with Gasteiger partial charge in [0.25, 0.3) is 5.91 Å². The number of rotatable bonds is 2. The summed E-state index contributed by atoms with van der Waals surface area (Å²) in [5.74, 6) is -0.00448. The predicted molar refractivity (Wildman–Crippen MR) is 73.1 cm³/mol. The molecule has 0 saturated heterocycles. The van der Waals surface area contributed by atoms with Crippen LogP contribution < -0.4 is 11.1 Å². The van der Waals surface area contributed by atoms with Crippen LogP contribution in [0.1, 0.15) is 10.4 Å². The van der Waals surface area contributed by atoms with E-state index in [0.29, 0.717) is 22.2 Å². The van der Waals surface area contributed by atoms with Gasteiger partial charge in [-0.15, -0.1) is 0 Å². The molecule has 0 aliphatic heterocycles. The van der Waals surface area contributed by atoms with Crippen molar-refractivity contribution in [1.29, 1.82) is 0 Å². The summed E-state index contributed by atoms with van der Waals surface area (Å²) in [5.41, 5.74) is 6.38. The number of amides is 1. The summed E-state index contributed by atoms with van der Waals surface area (Å²) in [6.45, 7) is 0. The molecule has 0 radical (unpaired) electrons. The fraction of sp³-hybridized carbons (Fsp3) is 0. The number of benzene rings is 1. The van der Waals surface area contributed by atoms with Crippen molar-refractivity contribution in [3.05, 3.63) is 52.1 Å². The molecule has 1 aromatic heterocycles. The average Bonchev–Trinajstić information content (AvgIpc) is 2.28. The third-order valence-corrected chi connectivity index (χ3v) is 2.72. The van der Waals surface area contributed by atoms with Gasteiger partial charge in [-0.3, -0.25) is 4.79 Å². The third kappa shape index (κ3) is 2.91. The Balaban J connectivity index is 2.22. The molecule has 2 rings (SSSR count). The van der Waals surface area contributed by atoms with Gasteiger partial charge < -0.3 is 11.1 Å². The zero-order chi connectivity index (χ0) is 13.1. The molecule has 0 spiro atoms. The maximum absolute atomic E-state index is 11.9. The number of hydrogen-bond acceptors (Lipinski definition) is 3. The molecule has 0 saturated carbocycles. The summed E-state index contributed by atoms with van der Waals surface area (Å²) < 4.78 is 0. The first-order valence-electron chi connectivity index (χ1n) is 5.05. The lowest BCUT2D eigenvalue weighted by atomic mass is 10.2. The highest BCUT2D eigenvalue weighted by molar-refractivity contribution is 6.34. The van der Waals surface area contributed by atoms with Crippen LogP contribution in [-0.4, -0.2) is 10.9 Å². The molecular formula is C12H9Cl2N3O. The number of halogens is 2. The van der Waals surface area contributed by atoms with Crippen molar-refractivity contribution in [2.24, 2.45) is 0 Å². The molecule has 6 heteroatoms. The number of anilines is 2. The van der Waals surface area contributed by atoms with Crippen LogP contribution in [0.25, 0.3) is 0 Å². The van der Waals surface area contributed by atoms with E-state index in [1.165, 1.54) is 6.07 Å². The molecule has 4 nitrogen and oxygen atoms in total. The minimum Gasteiger partial charge on any atom is -0.399 e. The second kappa shape index (κ2) is 5.25.